The SMILES string of the molecule is CC(C)(C)OC(=O)N[C@@H]1c2ccccc2CC12CCN(c1ncc(-c3ccccc3Cl)s1)CC2. The highest BCUT2D eigenvalue weighted by atomic mass is 35.5. The van der Waals surface area contributed by atoms with Gasteiger partial charge in [-0.15, -0.1) is 0 Å². The van der Waals surface area contributed by atoms with Gasteiger partial charge in [0.2, 0.25) is 0 Å². The van der Waals surface area contributed by atoms with Crippen molar-refractivity contribution in [2.24, 2.45) is 5.41 Å². The summed E-state index contributed by atoms with van der Waals surface area (Å²) >= 11 is 8.08. The number of rotatable bonds is 3. The third-order valence-corrected chi connectivity index (χ3v) is 8.27. The number of carbonyl (C=O) groups is 1. The molecular weight excluding hydrogens is 466 g/mol. The van der Waals surface area contributed by atoms with E-state index in [0.717, 1.165) is 52.9 Å². The van der Waals surface area contributed by atoms with E-state index in [4.69, 9.17) is 21.3 Å². The first kappa shape index (κ1) is 23.2. The smallest absolute Gasteiger partial charge is 0.408 e. The molecule has 1 N–H and O–H groups in total. The molecule has 178 valence electrons. The van der Waals surface area contributed by atoms with Crippen molar-refractivity contribution in [1.29, 1.82) is 0 Å². The summed E-state index contributed by atoms with van der Waals surface area (Å²) < 4.78 is 5.61. The van der Waals surface area contributed by atoms with E-state index < -0.39 is 5.60 Å². The average Bonchev–Trinajstić information content (AvgIpc) is 3.38. The Labute approximate surface area is 210 Å². The van der Waals surface area contributed by atoms with Gasteiger partial charge in [-0.05, 0) is 57.2 Å². The van der Waals surface area contributed by atoms with Crippen molar-refractivity contribution in [2.75, 3.05) is 18.0 Å². The first-order chi connectivity index (χ1) is 16.2. The minimum Gasteiger partial charge on any atom is -0.444 e. The Morgan fingerprint density at radius 3 is 2.59 bits per heavy atom. The van der Waals surface area contributed by atoms with Crippen molar-refractivity contribution in [2.45, 2.75) is 51.7 Å². The summed E-state index contributed by atoms with van der Waals surface area (Å²) in [5.74, 6) is 0. The van der Waals surface area contributed by atoms with Crippen LogP contribution in [0.5, 0.6) is 0 Å². The molecule has 1 fully saturated rings. The largest absolute Gasteiger partial charge is 0.444 e. The molecular formula is C27H30ClN3O2S. The van der Waals surface area contributed by atoms with Gasteiger partial charge in [-0.2, -0.15) is 0 Å². The maximum Gasteiger partial charge on any atom is 0.408 e. The standard InChI is InChI=1S/C27H30ClN3O2S/c1-26(2,3)33-25(32)30-23-19-9-5-4-8-18(19)16-27(23)12-14-31(15-13-27)24-29-17-22(34-24)20-10-6-7-11-21(20)28/h4-11,17,23H,12-16H2,1-3H3,(H,30,32)/t23-/m1/s1. The van der Waals surface area contributed by atoms with E-state index in [0.29, 0.717) is 0 Å². The Hall–Kier alpha value is -2.57. The normalized spacial score (nSPS) is 19.2. The Balaban J connectivity index is 1.33. The van der Waals surface area contributed by atoms with Crippen LogP contribution in [0.1, 0.15) is 50.8 Å². The van der Waals surface area contributed by atoms with Gasteiger partial charge in [-0.1, -0.05) is 65.4 Å². The molecule has 1 aliphatic heterocycles. The Kier molecular flexibility index (Phi) is 6.07. The average molecular weight is 496 g/mol. The number of anilines is 1. The number of thiazole rings is 1. The van der Waals surface area contributed by atoms with Crippen molar-refractivity contribution in [1.82, 2.24) is 10.3 Å². The lowest BCUT2D eigenvalue weighted by Gasteiger charge is -2.43. The predicted molar refractivity (Wildman–Crippen MR) is 139 cm³/mol. The van der Waals surface area contributed by atoms with Gasteiger partial charge in [-0.25, -0.2) is 9.78 Å². The minimum absolute atomic E-state index is 0.0140. The fraction of sp³-hybridized carbons (Fsp3) is 0.407. The van der Waals surface area contributed by atoms with Crippen LogP contribution >= 0.6 is 22.9 Å². The summed E-state index contributed by atoms with van der Waals surface area (Å²) in [7, 11) is 0. The molecule has 1 saturated heterocycles. The maximum absolute atomic E-state index is 12.7. The van der Waals surface area contributed by atoms with Gasteiger partial charge in [0.25, 0.3) is 0 Å². The van der Waals surface area contributed by atoms with E-state index in [1.807, 2.05) is 51.2 Å². The Bertz CT molecular complexity index is 1190. The number of fused-ring (bicyclic) bond motifs is 1. The summed E-state index contributed by atoms with van der Waals surface area (Å²) in [5.41, 5.74) is 3.03. The molecule has 0 unspecified atom stereocenters. The fourth-order valence-electron chi connectivity index (χ4n) is 5.25. The number of hydrogen-bond donors (Lipinski definition) is 1. The lowest BCUT2D eigenvalue weighted by Crippen LogP contribution is -2.47. The molecule has 1 aromatic heterocycles. The molecule has 2 aliphatic rings. The lowest BCUT2D eigenvalue weighted by molar-refractivity contribution is 0.0428. The molecule has 2 heterocycles. The van der Waals surface area contributed by atoms with Gasteiger partial charge in [0.1, 0.15) is 5.60 Å². The zero-order valence-corrected chi connectivity index (χ0v) is 21.4. The Morgan fingerprint density at radius 1 is 1.15 bits per heavy atom. The highest BCUT2D eigenvalue weighted by Crippen LogP contribution is 2.52. The Morgan fingerprint density at radius 2 is 1.85 bits per heavy atom. The summed E-state index contributed by atoms with van der Waals surface area (Å²) in [6.07, 6.45) is 4.50. The molecule has 2 aromatic carbocycles. The number of amides is 1. The number of ether oxygens (including phenoxy) is 1. The van der Waals surface area contributed by atoms with Crippen LogP contribution in [0.4, 0.5) is 9.93 Å². The van der Waals surface area contributed by atoms with Gasteiger partial charge in [0.05, 0.1) is 10.9 Å². The number of nitrogens with zero attached hydrogens (tertiary/aromatic N) is 2. The highest BCUT2D eigenvalue weighted by Gasteiger charge is 2.48. The second kappa shape index (κ2) is 8.90. The molecule has 0 radical (unpaired) electrons. The van der Waals surface area contributed by atoms with Gasteiger partial charge in [0.15, 0.2) is 5.13 Å². The molecule has 1 spiro atoms. The van der Waals surface area contributed by atoms with E-state index in [1.54, 1.807) is 11.3 Å². The number of piperidine rings is 1. The third-order valence-electron chi connectivity index (χ3n) is 6.84. The monoisotopic (exact) mass is 495 g/mol. The van der Waals surface area contributed by atoms with Crippen molar-refractivity contribution >= 4 is 34.2 Å². The van der Waals surface area contributed by atoms with E-state index in [2.05, 4.69) is 34.5 Å². The number of halogens is 1. The highest BCUT2D eigenvalue weighted by molar-refractivity contribution is 7.19. The van der Waals surface area contributed by atoms with Crippen LogP contribution in [0.15, 0.2) is 54.7 Å². The molecule has 3 aromatic rings. The number of nitrogens with one attached hydrogen (secondary N) is 1. The molecule has 5 nitrogen and oxygen atoms in total. The van der Waals surface area contributed by atoms with Crippen LogP contribution in [-0.4, -0.2) is 29.8 Å². The summed E-state index contributed by atoms with van der Waals surface area (Å²) in [4.78, 5) is 20.9. The molecule has 5 rings (SSSR count). The van der Waals surface area contributed by atoms with Crippen molar-refractivity contribution in [3.8, 4) is 10.4 Å². The van der Waals surface area contributed by atoms with Crippen LogP contribution in [-0.2, 0) is 11.2 Å². The number of carbonyl (C=O) groups excluding carboxylic acids is 1. The van der Waals surface area contributed by atoms with E-state index in [1.165, 1.54) is 11.1 Å². The zero-order valence-electron chi connectivity index (χ0n) is 19.8. The molecule has 7 heteroatoms. The minimum atomic E-state index is -0.525. The third kappa shape index (κ3) is 4.53. The van der Waals surface area contributed by atoms with Crippen molar-refractivity contribution in [3.05, 3.63) is 70.9 Å². The van der Waals surface area contributed by atoms with E-state index in [9.17, 15) is 4.79 Å². The second-order valence-corrected chi connectivity index (χ2v) is 11.7. The van der Waals surface area contributed by atoms with Gasteiger partial charge < -0.3 is 15.0 Å². The quantitative estimate of drug-likeness (QED) is 0.430. The van der Waals surface area contributed by atoms with E-state index in [-0.39, 0.29) is 17.6 Å². The van der Waals surface area contributed by atoms with Crippen molar-refractivity contribution in [3.63, 3.8) is 0 Å². The van der Waals surface area contributed by atoms with Crippen molar-refractivity contribution < 1.29 is 9.53 Å². The van der Waals surface area contributed by atoms with Crippen LogP contribution in [0.3, 0.4) is 0 Å². The molecule has 1 atom stereocenters. The number of benzene rings is 2. The van der Waals surface area contributed by atoms with E-state index >= 15 is 0 Å². The first-order valence-electron chi connectivity index (χ1n) is 11.8. The van der Waals surface area contributed by atoms with Crippen LogP contribution in [0.2, 0.25) is 5.02 Å². The van der Waals surface area contributed by atoms with Crippen LogP contribution < -0.4 is 10.2 Å². The second-order valence-electron chi connectivity index (χ2n) is 10.3. The van der Waals surface area contributed by atoms with Crippen LogP contribution in [0, 0.1) is 5.41 Å². The number of alkyl carbamates (subject to hydrolysis) is 1. The first-order valence-corrected chi connectivity index (χ1v) is 13.0. The topological polar surface area (TPSA) is 54.5 Å². The van der Waals surface area contributed by atoms with Gasteiger partial charge in [-0.3, -0.25) is 0 Å². The van der Waals surface area contributed by atoms with Crippen LogP contribution in [0.25, 0.3) is 10.4 Å². The summed E-state index contributed by atoms with van der Waals surface area (Å²) in [5, 5.41) is 5.00. The van der Waals surface area contributed by atoms with Gasteiger partial charge >= 0.3 is 6.09 Å². The molecule has 0 saturated carbocycles. The lowest BCUT2D eigenvalue weighted by atomic mass is 9.73. The zero-order chi connectivity index (χ0) is 23.9. The number of hydrogen-bond acceptors (Lipinski definition) is 5. The molecule has 0 bridgehead atoms. The van der Waals surface area contributed by atoms with Gasteiger partial charge in [0, 0.05) is 35.3 Å². The molecule has 34 heavy (non-hydrogen) atoms. The number of aromatic nitrogens is 1. The molecule has 1 amide bonds. The maximum atomic E-state index is 12.7. The summed E-state index contributed by atoms with van der Waals surface area (Å²) in [6.45, 7) is 7.49. The molecule has 1 aliphatic carbocycles. The predicted octanol–water partition coefficient (Wildman–Crippen LogP) is 6.87. The summed E-state index contributed by atoms with van der Waals surface area (Å²) in [6, 6.07) is 16.3. The fourth-order valence-corrected chi connectivity index (χ4v) is 6.55.